The van der Waals surface area contributed by atoms with Crippen molar-refractivity contribution in [1.29, 1.82) is 0 Å². The maximum absolute atomic E-state index is 4.58. The van der Waals surface area contributed by atoms with Gasteiger partial charge < -0.3 is 5.32 Å². The molecule has 0 bridgehead atoms. The molecular weight excluding hydrogens is 328 g/mol. The van der Waals surface area contributed by atoms with E-state index in [4.69, 9.17) is 0 Å². The van der Waals surface area contributed by atoms with Crippen molar-refractivity contribution < 1.29 is 0 Å². The molecule has 0 unspecified atom stereocenters. The average Bonchev–Trinajstić information content (AvgIpc) is 2.92. The van der Waals surface area contributed by atoms with E-state index in [0.29, 0.717) is 0 Å². The first-order chi connectivity index (χ1) is 8.70. The molecule has 1 N–H and O–H groups in total. The number of halogens is 1. The van der Waals surface area contributed by atoms with Gasteiger partial charge in [0.25, 0.3) is 0 Å². The van der Waals surface area contributed by atoms with Crippen LogP contribution in [-0.4, -0.2) is 4.98 Å². The maximum Gasteiger partial charge on any atom is 0.184 e. The van der Waals surface area contributed by atoms with E-state index in [2.05, 4.69) is 62.8 Å². The molecule has 5 heteroatoms. The minimum atomic E-state index is 0.828. The smallest absolute Gasteiger partial charge is 0.184 e. The van der Waals surface area contributed by atoms with E-state index in [9.17, 15) is 0 Å². The van der Waals surface area contributed by atoms with Crippen LogP contribution < -0.4 is 5.32 Å². The summed E-state index contributed by atoms with van der Waals surface area (Å²) in [5.41, 5.74) is 2.35. The van der Waals surface area contributed by atoms with Crippen molar-refractivity contribution in [3.63, 3.8) is 0 Å². The molecule has 0 saturated carbocycles. The fourth-order valence-electron chi connectivity index (χ4n) is 1.72. The number of aryl methyl sites for hydroxylation is 1. The second-order valence-corrected chi connectivity index (χ2v) is 7.02. The minimum absolute atomic E-state index is 0.828. The molecule has 2 heterocycles. The average molecular weight is 339 g/mol. The lowest BCUT2D eigenvalue weighted by Crippen LogP contribution is -1.95. The first-order valence-electron chi connectivity index (χ1n) is 5.55. The molecule has 0 amide bonds. The van der Waals surface area contributed by atoms with Gasteiger partial charge in [0.05, 0.1) is 16.8 Å². The van der Waals surface area contributed by atoms with Gasteiger partial charge in [-0.05, 0) is 46.6 Å². The minimum Gasteiger partial charge on any atom is -0.357 e. The molecule has 0 aliphatic heterocycles. The van der Waals surface area contributed by atoms with E-state index in [0.717, 1.165) is 21.7 Å². The molecule has 18 heavy (non-hydrogen) atoms. The molecule has 92 valence electrons. The molecule has 3 rings (SSSR count). The lowest BCUT2D eigenvalue weighted by Gasteiger charge is -1.98. The summed E-state index contributed by atoms with van der Waals surface area (Å²) >= 11 is 6.92. The summed E-state index contributed by atoms with van der Waals surface area (Å²) < 4.78 is 2.38. The van der Waals surface area contributed by atoms with Gasteiger partial charge >= 0.3 is 0 Å². The van der Waals surface area contributed by atoms with Gasteiger partial charge in [0, 0.05) is 14.7 Å². The normalized spacial score (nSPS) is 11.0. The highest BCUT2D eigenvalue weighted by Crippen LogP contribution is 2.27. The molecule has 0 aliphatic rings. The maximum atomic E-state index is 4.58. The van der Waals surface area contributed by atoms with Crippen LogP contribution in [0.5, 0.6) is 0 Å². The monoisotopic (exact) mass is 338 g/mol. The Labute approximate surface area is 122 Å². The van der Waals surface area contributed by atoms with Crippen LogP contribution in [0.4, 0.5) is 5.13 Å². The summed E-state index contributed by atoms with van der Waals surface area (Å²) in [6.45, 7) is 2.94. The summed E-state index contributed by atoms with van der Waals surface area (Å²) in [5, 5.41) is 6.46. The van der Waals surface area contributed by atoms with Crippen LogP contribution in [0.2, 0.25) is 0 Å². The Morgan fingerprint density at radius 3 is 3.00 bits per heavy atom. The van der Waals surface area contributed by atoms with Gasteiger partial charge in [0.2, 0.25) is 0 Å². The zero-order valence-electron chi connectivity index (χ0n) is 9.74. The molecule has 2 aromatic heterocycles. The topological polar surface area (TPSA) is 24.9 Å². The van der Waals surface area contributed by atoms with Crippen LogP contribution in [0.15, 0.2) is 34.1 Å². The van der Waals surface area contributed by atoms with Crippen LogP contribution in [-0.2, 0) is 6.54 Å². The number of fused-ring (bicyclic) bond motifs is 1. The Morgan fingerprint density at radius 1 is 1.33 bits per heavy atom. The van der Waals surface area contributed by atoms with Gasteiger partial charge in [-0.3, -0.25) is 0 Å². The number of hydrogen-bond donors (Lipinski definition) is 1. The molecule has 0 radical (unpaired) electrons. The number of anilines is 1. The first kappa shape index (κ1) is 12.1. The predicted octanol–water partition coefficient (Wildman–Crippen LogP) is 5.04. The Bertz CT molecular complexity index is 687. The van der Waals surface area contributed by atoms with Crippen molar-refractivity contribution in [3.05, 3.63) is 44.6 Å². The summed E-state index contributed by atoms with van der Waals surface area (Å²) in [5.74, 6) is 0. The highest BCUT2D eigenvalue weighted by atomic mass is 79.9. The fraction of sp³-hybridized carbons (Fsp3) is 0.154. The van der Waals surface area contributed by atoms with Crippen LogP contribution in [0.1, 0.15) is 10.4 Å². The SMILES string of the molecule is Cc1ccc2nc(NCc3cc(Br)cs3)sc2c1. The van der Waals surface area contributed by atoms with Crippen molar-refractivity contribution in [2.45, 2.75) is 13.5 Å². The van der Waals surface area contributed by atoms with Gasteiger partial charge in [-0.2, -0.15) is 0 Å². The molecule has 0 aliphatic carbocycles. The third-order valence-corrected chi connectivity index (χ3v) is 5.25. The standard InChI is InChI=1S/C13H11BrN2S2/c1-8-2-3-11-12(4-8)18-13(16-11)15-6-10-5-9(14)7-17-10/h2-5,7H,6H2,1H3,(H,15,16). The molecular formula is C13H11BrN2S2. The summed E-state index contributed by atoms with van der Waals surface area (Å²) in [4.78, 5) is 5.88. The summed E-state index contributed by atoms with van der Waals surface area (Å²) in [7, 11) is 0. The van der Waals surface area contributed by atoms with Crippen molar-refractivity contribution in [2.75, 3.05) is 5.32 Å². The van der Waals surface area contributed by atoms with Crippen molar-refractivity contribution in [2.24, 2.45) is 0 Å². The molecule has 0 spiro atoms. The highest BCUT2D eigenvalue weighted by molar-refractivity contribution is 9.10. The Balaban J connectivity index is 1.78. The lowest BCUT2D eigenvalue weighted by atomic mass is 10.2. The third kappa shape index (κ3) is 2.58. The molecule has 1 aromatic carbocycles. The number of aromatic nitrogens is 1. The quantitative estimate of drug-likeness (QED) is 0.723. The van der Waals surface area contributed by atoms with Gasteiger partial charge in [0.15, 0.2) is 5.13 Å². The zero-order valence-corrected chi connectivity index (χ0v) is 13.0. The van der Waals surface area contributed by atoms with Crippen LogP contribution >= 0.6 is 38.6 Å². The van der Waals surface area contributed by atoms with E-state index in [-0.39, 0.29) is 0 Å². The predicted molar refractivity (Wildman–Crippen MR) is 83.7 cm³/mol. The molecule has 0 saturated heterocycles. The van der Waals surface area contributed by atoms with Gasteiger partial charge in [-0.25, -0.2) is 4.98 Å². The second kappa shape index (κ2) is 4.99. The Kier molecular flexibility index (Phi) is 3.37. The van der Waals surface area contributed by atoms with E-state index in [1.165, 1.54) is 15.1 Å². The van der Waals surface area contributed by atoms with Gasteiger partial charge in [0.1, 0.15) is 0 Å². The second-order valence-electron chi connectivity index (χ2n) is 4.07. The molecule has 3 aromatic rings. The molecule has 2 nitrogen and oxygen atoms in total. The van der Waals surface area contributed by atoms with E-state index < -0.39 is 0 Å². The summed E-state index contributed by atoms with van der Waals surface area (Å²) in [6, 6.07) is 8.49. The fourth-order valence-corrected chi connectivity index (χ4v) is 4.07. The Morgan fingerprint density at radius 2 is 2.22 bits per heavy atom. The number of thiophene rings is 1. The number of hydrogen-bond acceptors (Lipinski definition) is 4. The number of nitrogens with zero attached hydrogens (tertiary/aromatic N) is 1. The van der Waals surface area contributed by atoms with E-state index in [1.54, 1.807) is 22.7 Å². The number of rotatable bonds is 3. The Hall–Kier alpha value is -0.910. The lowest BCUT2D eigenvalue weighted by molar-refractivity contribution is 1.18. The van der Waals surface area contributed by atoms with Crippen LogP contribution in [0.3, 0.4) is 0 Å². The summed E-state index contributed by atoms with van der Waals surface area (Å²) in [6.07, 6.45) is 0. The highest BCUT2D eigenvalue weighted by Gasteiger charge is 2.04. The van der Waals surface area contributed by atoms with Gasteiger partial charge in [-0.1, -0.05) is 17.4 Å². The first-order valence-corrected chi connectivity index (χ1v) is 8.03. The largest absolute Gasteiger partial charge is 0.357 e. The number of thiazole rings is 1. The van der Waals surface area contributed by atoms with Crippen molar-refractivity contribution in [1.82, 2.24) is 4.98 Å². The van der Waals surface area contributed by atoms with E-state index >= 15 is 0 Å². The van der Waals surface area contributed by atoms with Gasteiger partial charge in [-0.15, -0.1) is 11.3 Å². The van der Waals surface area contributed by atoms with Crippen molar-refractivity contribution in [3.8, 4) is 0 Å². The number of nitrogens with one attached hydrogen (secondary N) is 1. The zero-order chi connectivity index (χ0) is 12.5. The van der Waals surface area contributed by atoms with Crippen molar-refractivity contribution >= 4 is 54.0 Å². The third-order valence-electron chi connectivity index (χ3n) is 2.58. The molecule has 0 atom stereocenters. The number of benzene rings is 1. The van der Waals surface area contributed by atoms with E-state index in [1.807, 2.05) is 0 Å². The van der Waals surface area contributed by atoms with Crippen LogP contribution in [0, 0.1) is 6.92 Å². The van der Waals surface area contributed by atoms with Crippen LogP contribution in [0.25, 0.3) is 10.2 Å². The molecule has 0 fully saturated rings.